The standard InChI is InChI=1S/C19H16N4O5S/c1-27-14-7-11-8-16(17(24)13(11)9-15(14)28-2)29-19-20-21-22-23(19)12-5-3-10(4-6-12)18(25)26/h3-7,9,16H,8H2,1-2H3,(H,25,26)/t16-/m1/s1. The maximum absolute atomic E-state index is 12.9. The van der Waals surface area contributed by atoms with E-state index in [1.165, 1.54) is 35.7 Å². The van der Waals surface area contributed by atoms with Crippen LogP contribution in [0.25, 0.3) is 5.69 Å². The lowest BCUT2D eigenvalue weighted by Gasteiger charge is -2.09. The zero-order valence-corrected chi connectivity index (χ0v) is 16.3. The summed E-state index contributed by atoms with van der Waals surface area (Å²) in [5.41, 5.74) is 2.26. The lowest BCUT2D eigenvalue weighted by Crippen LogP contribution is -2.13. The van der Waals surface area contributed by atoms with Gasteiger partial charge in [-0.15, -0.1) is 5.10 Å². The number of tetrazole rings is 1. The molecule has 0 aliphatic heterocycles. The highest BCUT2D eigenvalue weighted by atomic mass is 32.2. The first-order valence-electron chi connectivity index (χ1n) is 8.59. The van der Waals surface area contributed by atoms with E-state index in [-0.39, 0.29) is 16.6 Å². The van der Waals surface area contributed by atoms with Gasteiger partial charge >= 0.3 is 5.97 Å². The number of rotatable bonds is 6. The van der Waals surface area contributed by atoms with Crippen LogP contribution >= 0.6 is 11.8 Å². The van der Waals surface area contributed by atoms with Gasteiger partial charge in [-0.2, -0.15) is 4.68 Å². The Bertz CT molecular complexity index is 1100. The van der Waals surface area contributed by atoms with Crippen molar-refractivity contribution in [3.63, 3.8) is 0 Å². The van der Waals surface area contributed by atoms with E-state index in [0.717, 1.165) is 5.56 Å². The summed E-state index contributed by atoms with van der Waals surface area (Å²) < 4.78 is 12.1. The summed E-state index contributed by atoms with van der Waals surface area (Å²) >= 11 is 1.26. The summed E-state index contributed by atoms with van der Waals surface area (Å²) in [6.07, 6.45) is 0.518. The van der Waals surface area contributed by atoms with Crippen LogP contribution in [0.3, 0.4) is 0 Å². The summed E-state index contributed by atoms with van der Waals surface area (Å²) in [7, 11) is 3.08. The third kappa shape index (κ3) is 3.42. The van der Waals surface area contributed by atoms with E-state index < -0.39 is 5.97 Å². The van der Waals surface area contributed by atoms with Crippen LogP contribution in [0.5, 0.6) is 11.5 Å². The molecule has 1 aliphatic rings. The van der Waals surface area contributed by atoms with Crippen LogP contribution < -0.4 is 9.47 Å². The Kier molecular flexibility index (Phi) is 4.93. The number of carbonyl (C=O) groups is 2. The minimum Gasteiger partial charge on any atom is -0.493 e. The van der Waals surface area contributed by atoms with Gasteiger partial charge in [0, 0.05) is 5.56 Å². The molecule has 0 bridgehead atoms. The third-order valence-electron chi connectivity index (χ3n) is 4.62. The molecule has 2 aromatic carbocycles. The molecule has 0 saturated heterocycles. The van der Waals surface area contributed by atoms with Crippen molar-refractivity contribution < 1.29 is 24.2 Å². The number of fused-ring (bicyclic) bond motifs is 1. The molecule has 0 fully saturated rings. The van der Waals surface area contributed by atoms with E-state index >= 15 is 0 Å². The number of carboxylic acid groups (broad SMARTS) is 1. The van der Waals surface area contributed by atoms with Gasteiger partial charge in [-0.3, -0.25) is 4.79 Å². The molecule has 1 atom stereocenters. The Hall–Kier alpha value is -3.40. The number of ketones is 1. The van der Waals surface area contributed by atoms with Crippen molar-refractivity contribution in [2.45, 2.75) is 16.8 Å². The number of nitrogens with zero attached hydrogens (tertiary/aromatic N) is 4. The van der Waals surface area contributed by atoms with E-state index in [4.69, 9.17) is 14.6 Å². The Morgan fingerprint density at radius 1 is 1.17 bits per heavy atom. The topological polar surface area (TPSA) is 116 Å². The monoisotopic (exact) mass is 412 g/mol. The van der Waals surface area contributed by atoms with Crippen molar-refractivity contribution in [3.8, 4) is 17.2 Å². The molecule has 0 unspecified atom stereocenters. The first-order valence-corrected chi connectivity index (χ1v) is 9.47. The fourth-order valence-corrected chi connectivity index (χ4v) is 4.24. The number of carboxylic acids is 1. The van der Waals surface area contributed by atoms with Gasteiger partial charge in [-0.05, 0) is 58.8 Å². The first-order chi connectivity index (χ1) is 14.0. The summed E-state index contributed by atoms with van der Waals surface area (Å²) in [5.74, 6) is 0.0476. The number of aromatic nitrogens is 4. The molecule has 29 heavy (non-hydrogen) atoms. The summed E-state index contributed by atoms with van der Waals surface area (Å²) in [5, 5.41) is 20.8. The van der Waals surface area contributed by atoms with Gasteiger partial charge in [0.25, 0.3) is 0 Å². The van der Waals surface area contributed by atoms with Gasteiger partial charge in [0.05, 0.1) is 30.7 Å². The molecule has 1 N–H and O–H groups in total. The normalized spacial score (nSPS) is 15.2. The molecular weight excluding hydrogens is 396 g/mol. The predicted molar refractivity (Wildman–Crippen MR) is 103 cm³/mol. The van der Waals surface area contributed by atoms with Crippen molar-refractivity contribution in [3.05, 3.63) is 53.1 Å². The molecule has 4 rings (SSSR count). The van der Waals surface area contributed by atoms with E-state index in [0.29, 0.717) is 34.3 Å². The summed E-state index contributed by atoms with van der Waals surface area (Å²) in [4.78, 5) is 23.9. The van der Waals surface area contributed by atoms with Crippen molar-refractivity contribution in [1.82, 2.24) is 20.2 Å². The molecule has 3 aromatic rings. The highest BCUT2D eigenvalue weighted by molar-refractivity contribution is 8.00. The molecule has 10 heteroatoms. The van der Waals surface area contributed by atoms with Crippen LogP contribution in [0.1, 0.15) is 26.3 Å². The zero-order valence-electron chi connectivity index (χ0n) is 15.5. The molecule has 1 aromatic heterocycles. The molecule has 0 amide bonds. The number of benzene rings is 2. The van der Waals surface area contributed by atoms with Crippen LogP contribution in [0.4, 0.5) is 0 Å². The fraction of sp³-hybridized carbons (Fsp3) is 0.211. The van der Waals surface area contributed by atoms with E-state index in [9.17, 15) is 9.59 Å². The highest BCUT2D eigenvalue weighted by Crippen LogP contribution is 2.39. The number of thioether (sulfide) groups is 1. The predicted octanol–water partition coefficient (Wildman–Crippen LogP) is 2.28. The van der Waals surface area contributed by atoms with Crippen LogP contribution in [0, 0.1) is 0 Å². The Morgan fingerprint density at radius 2 is 1.86 bits per heavy atom. The maximum Gasteiger partial charge on any atom is 0.335 e. The molecule has 9 nitrogen and oxygen atoms in total. The lowest BCUT2D eigenvalue weighted by atomic mass is 10.1. The van der Waals surface area contributed by atoms with Gasteiger partial charge in [0.15, 0.2) is 17.3 Å². The van der Waals surface area contributed by atoms with Gasteiger partial charge in [-0.1, -0.05) is 11.8 Å². The Labute approximate surface area is 169 Å². The molecule has 1 aliphatic carbocycles. The molecule has 0 saturated carbocycles. The SMILES string of the molecule is COc1cc2c(cc1OC)C(=O)[C@H](Sc1nnnn1-c1ccc(C(=O)O)cc1)C2. The second-order valence-corrected chi connectivity index (χ2v) is 7.43. The average Bonchev–Trinajstić information content (AvgIpc) is 3.31. The van der Waals surface area contributed by atoms with Gasteiger partial charge in [0.1, 0.15) is 0 Å². The minimum atomic E-state index is -1.01. The van der Waals surface area contributed by atoms with Crippen LogP contribution in [-0.4, -0.2) is 56.5 Å². The second kappa shape index (κ2) is 7.55. The van der Waals surface area contributed by atoms with Crippen molar-refractivity contribution in [2.24, 2.45) is 0 Å². The number of carbonyl (C=O) groups excluding carboxylic acids is 1. The molecule has 148 valence electrons. The number of Topliss-reactive ketones (excluding diaryl/α,β-unsaturated/α-hetero) is 1. The summed E-state index contributed by atoms with van der Waals surface area (Å²) in [6, 6.07) is 9.70. The van der Waals surface area contributed by atoms with Gasteiger partial charge in [0.2, 0.25) is 5.16 Å². The zero-order chi connectivity index (χ0) is 20.5. The smallest absolute Gasteiger partial charge is 0.335 e. The van der Waals surface area contributed by atoms with Gasteiger partial charge in [-0.25, -0.2) is 4.79 Å². The highest BCUT2D eigenvalue weighted by Gasteiger charge is 2.34. The number of methoxy groups -OCH3 is 2. The summed E-state index contributed by atoms with van der Waals surface area (Å²) in [6.45, 7) is 0. The largest absolute Gasteiger partial charge is 0.493 e. The quantitative estimate of drug-likeness (QED) is 0.651. The first kappa shape index (κ1) is 18.9. The van der Waals surface area contributed by atoms with Crippen molar-refractivity contribution in [1.29, 1.82) is 0 Å². The second-order valence-electron chi connectivity index (χ2n) is 6.26. The van der Waals surface area contributed by atoms with E-state index in [2.05, 4.69) is 15.5 Å². The van der Waals surface area contributed by atoms with Crippen molar-refractivity contribution in [2.75, 3.05) is 14.2 Å². The fourth-order valence-electron chi connectivity index (χ4n) is 3.17. The molecule has 1 heterocycles. The minimum absolute atomic E-state index is 0.0262. The Morgan fingerprint density at radius 3 is 2.52 bits per heavy atom. The number of ether oxygens (including phenoxy) is 2. The van der Waals surface area contributed by atoms with E-state index in [1.807, 2.05) is 6.07 Å². The average molecular weight is 412 g/mol. The Balaban J connectivity index is 1.59. The molecule has 0 radical (unpaired) electrons. The number of hydrogen-bond acceptors (Lipinski definition) is 8. The number of hydrogen-bond donors (Lipinski definition) is 1. The van der Waals surface area contributed by atoms with Gasteiger partial charge < -0.3 is 14.6 Å². The van der Waals surface area contributed by atoms with E-state index in [1.54, 1.807) is 25.3 Å². The molecule has 0 spiro atoms. The van der Waals surface area contributed by atoms with Crippen LogP contribution in [0.2, 0.25) is 0 Å². The molecular formula is C19H16N4O5S. The number of aromatic carboxylic acids is 1. The third-order valence-corrected chi connectivity index (χ3v) is 5.75. The van der Waals surface area contributed by atoms with Crippen molar-refractivity contribution >= 4 is 23.5 Å². The lowest BCUT2D eigenvalue weighted by molar-refractivity contribution is 0.0696. The van der Waals surface area contributed by atoms with Crippen LogP contribution in [-0.2, 0) is 6.42 Å². The van der Waals surface area contributed by atoms with Crippen LogP contribution in [0.15, 0.2) is 41.6 Å². The maximum atomic E-state index is 12.9.